The van der Waals surface area contributed by atoms with Crippen LogP contribution in [0.25, 0.3) is 0 Å². The third-order valence-electron chi connectivity index (χ3n) is 2.83. The molecule has 0 aliphatic rings. The molecule has 21 heavy (non-hydrogen) atoms. The number of carbonyl (C=O) groups is 1. The zero-order valence-corrected chi connectivity index (χ0v) is 13.3. The van der Waals surface area contributed by atoms with Crippen LogP contribution in [0.4, 0.5) is 0 Å². The predicted molar refractivity (Wildman–Crippen MR) is 84.1 cm³/mol. The van der Waals surface area contributed by atoms with Crippen LogP contribution in [0.1, 0.15) is 22.8 Å². The topological polar surface area (TPSA) is 48.4 Å². The van der Waals surface area contributed by atoms with E-state index in [1.54, 1.807) is 18.3 Å². The van der Waals surface area contributed by atoms with Gasteiger partial charge >= 0.3 is 0 Å². The van der Waals surface area contributed by atoms with E-state index in [2.05, 4.69) is 20.9 Å². The van der Waals surface area contributed by atoms with E-state index in [-0.39, 0.29) is 0 Å². The Hall–Kier alpha value is -1.88. The van der Waals surface area contributed by atoms with Crippen LogP contribution in [0.3, 0.4) is 0 Å². The van der Waals surface area contributed by atoms with Crippen LogP contribution in [-0.4, -0.2) is 24.5 Å². The Kier molecular flexibility index (Phi) is 5.75. The molecular formula is C16H16BrNO3. The van der Waals surface area contributed by atoms with Crippen LogP contribution < -0.4 is 9.47 Å². The molecule has 0 unspecified atom stereocenters. The van der Waals surface area contributed by atoms with Crippen LogP contribution in [-0.2, 0) is 6.42 Å². The van der Waals surface area contributed by atoms with Gasteiger partial charge < -0.3 is 9.47 Å². The minimum atomic E-state index is 0.505. The van der Waals surface area contributed by atoms with Crippen LogP contribution in [0.2, 0.25) is 0 Å². The van der Waals surface area contributed by atoms with Crippen LogP contribution >= 0.6 is 15.9 Å². The lowest BCUT2D eigenvalue weighted by Crippen LogP contribution is -2.05. The summed E-state index contributed by atoms with van der Waals surface area (Å²) in [5.74, 6) is 1.19. The molecule has 110 valence electrons. The van der Waals surface area contributed by atoms with E-state index >= 15 is 0 Å². The molecule has 0 fully saturated rings. The monoisotopic (exact) mass is 349 g/mol. The molecule has 0 saturated carbocycles. The number of hydrogen-bond acceptors (Lipinski definition) is 4. The molecule has 1 heterocycles. The number of benzene rings is 1. The first-order chi connectivity index (χ1) is 10.2. The fourth-order valence-electron chi connectivity index (χ4n) is 1.88. The van der Waals surface area contributed by atoms with E-state index < -0.39 is 0 Å². The van der Waals surface area contributed by atoms with Gasteiger partial charge in [-0.2, -0.15) is 0 Å². The van der Waals surface area contributed by atoms with E-state index in [0.29, 0.717) is 34.7 Å². The Morgan fingerprint density at radius 1 is 1.33 bits per heavy atom. The highest BCUT2D eigenvalue weighted by Gasteiger charge is 2.12. The molecule has 0 saturated heterocycles. The number of aldehydes is 1. The van der Waals surface area contributed by atoms with Crippen molar-refractivity contribution in [1.29, 1.82) is 0 Å². The van der Waals surface area contributed by atoms with Crippen molar-refractivity contribution in [3.63, 3.8) is 0 Å². The standard InChI is InChI=1S/C16H16BrNO3/c1-2-20-15-9-13(11-19)8-14(17)16(15)21-7-5-12-4-3-6-18-10-12/h3-4,6,8-11H,2,5,7H2,1H3. The molecule has 2 rings (SSSR count). The number of halogens is 1. The maximum atomic E-state index is 10.9. The smallest absolute Gasteiger partial charge is 0.175 e. The second-order valence-electron chi connectivity index (χ2n) is 4.34. The Morgan fingerprint density at radius 3 is 2.86 bits per heavy atom. The summed E-state index contributed by atoms with van der Waals surface area (Å²) in [6.45, 7) is 2.90. The lowest BCUT2D eigenvalue weighted by Gasteiger charge is -2.14. The Bertz CT molecular complexity index is 602. The van der Waals surface area contributed by atoms with Crippen LogP contribution in [0, 0.1) is 0 Å². The van der Waals surface area contributed by atoms with Crippen molar-refractivity contribution in [1.82, 2.24) is 4.98 Å². The highest BCUT2D eigenvalue weighted by molar-refractivity contribution is 9.10. The number of hydrogen-bond donors (Lipinski definition) is 0. The fraction of sp³-hybridized carbons (Fsp3) is 0.250. The molecule has 0 bridgehead atoms. The summed E-state index contributed by atoms with van der Waals surface area (Å²) in [6.07, 6.45) is 5.09. The van der Waals surface area contributed by atoms with E-state index in [1.807, 2.05) is 25.3 Å². The van der Waals surface area contributed by atoms with E-state index in [0.717, 1.165) is 18.3 Å². The summed E-state index contributed by atoms with van der Waals surface area (Å²) >= 11 is 3.42. The van der Waals surface area contributed by atoms with Gasteiger partial charge in [-0.1, -0.05) is 6.07 Å². The van der Waals surface area contributed by atoms with E-state index in [9.17, 15) is 4.79 Å². The normalized spacial score (nSPS) is 10.2. The van der Waals surface area contributed by atoms with Crippen LogP contribution in [0.15, 0.2) is 41.1 Å². The van der Waals surface area contributed by atoms with Crippen molar-refractivity contribution in [2.24, 2.45) is 0 Å². The maximum absolute atomic E-state index is 10.9. The summed E-state index contributed by atoms with van der Waals surface area (Å²) in [5.41, 5.74) is 1.65. The number of aromatic nitrogens is 1. The van der Waals surface area contributed by atoms with Gasteiger partial charge in [0.05, 0.1) is 17.7 Å². The second-order valence-corrected chi connectivity index (χ2v) is 5.19. The molecule has 1 aromatic heterocycles. The third-order valence-corrected chi connectivity index (χ3v) is 3.42. The van der Waals surface area contributed by atoms with Gasteiger partial charge in [0.2, 0.25) is 0 Å². The molecule has 0 N–H and O–H groups in total. The van der Waals surface area contributed by atoms with Gasteiger partial charge in [0.1, 0.15) is 6.29 Å². The molecule has 0 amide bonds. The van der Waals surface area contributed by atoms with Crippen molar-refractivity contribution in [2.45, 2.75) is 13.3 Å². The van der Waals surface area contributed by atoms with Gasteiger partial charge in [-0.3, -0.25) is 9.78 Å². The number of rotatable bonds is 7. The van der Waals surface area contributed by atoms with Crippen molar-refractivity contribution in [3.05, 3.63) is 52.3 Å². The number of pyridine rings is 1. The maximum Gasteiger partial charge on any atom is 0.175 e. The molecule has 4 nitrogen and oxygen atoms in total. The quantitative estimate of drug-likeness (QED) is 0.715. The SMILES string of the molecule is CCOc1cc(C=O)cc(Br)c1OCCc1cccnc1. The van der Waals surface area contributed by atoms with Gasteiger partial charge in [-0.05, 0) is 46.6 Å². The molecule has 0 spiro atoms. The predicted octanol–water partition coefficient (Wildman–Crippen LogP) is 3.68. The number of ether oxygens (including phenoxy) is 2. The van der Waals surface area contributed by atoms with Crippen molar-refractivity contribution < 1.29 is 14.3 Å². The first-order valence-electron chi connectivity index (χ1n) is 6.67. The molecular weight excluding hydrogens is 334 g/mol. The highest BCUT2D eigenvalue weighted by atomic mass is 79.9. The van der Waals surface area contributed by atoms with Gasteiger partial charge in [-0.15, -0.1) is 0 Å². The lowest BCUT2D eigenvalue weighted by molar-refractivity contribution is 0.112. The largest absolute Gasteiger partial charge is 0.490 e. The fourth-order valence-corrected chi connectivity index (χ4v) is 2.45. The zero-order valence-electron chi connectivity index (χ0n) is 11.7. The van der Waals surface area contributed by atoms with Crippen LogP contribution in [0.5, 0.6) is 11.5 Å². The van der Waals surface area contributed by atoms with Gasteiger partial charge in [0, 0.05) is 24.4 Å². The average molecular weight is 350 g/mol. The minimum absolute atomic E-state index is 0.505. The summed E-state index contributed by atoms with van der Waals surface area (Å²) in [7, 11) is 0. The zero-order chi connectivity index (χ0) is 15.1. The summed E-state index contributed by atoms with van der Waals surface area (Å²) in [5, 5.41) is 0. The highest BCUT2D eigenvalue weighted by Crippen LogP contribution is 2.36. The molecule has 0 aliphatic heterocycles. The van der Waals surface area contributed by atoms with Crippen molar-refractivity contribution in [3.8, 4) is 11.5 Å². The Morgan fingerprint density at radius 2 is 2.19 bits per heavy atom. The summed E-state index contributed by atoms with van der Waals surface area (Å²) < 4.78 is 12.1. The average Bonchev–Trinajstić information content (AvgIpc) is 2.51. The van der Waals surface area contributed by atoms with Gasteiger partial charge in [0.25, 0.3) is 0 Å². The molecule has 2 aromatic rings. The third kappa shape index (κ3) is 4.29. The molecule has 5 heteroatoms. The number of nitrogens with zero attached hydrogens (tertiary/aromatic N) is 1. The van der Waals surface area contributed by atoms with Gasteiger partial charge in [-0.25, -0.2) is 0 Å². The minimum Gasteiger partial charge on any atom is -0.490 e. The summed E-state index contributed by atoms with van der Waals surface area (Å²) in [4.78, 5) is 15.0. The van der Waals surface area contributed by atoms with Crippen molar-refractivity contribution in [2.75, 3.05) is 13.2 Å². The molecule has 1 aromatic carbocycles. The summed E-state index contributed by atoms with van der Waals surface area (Å²) in [6, 6.07) is 7.30. The number of carbonyl (C=O) groups excluding carboxylic acids is 1. The van der Waals surface area contributed by atoms with Gasteiger partial charge in [0.15, 0.2) is 11.5 Å². The van der Waals surface area contributed by atoms with E-state index in [4.69, 9.17) is 9.47 Å². The first kappa shape index (κ1) is 15.5. The molecule has 0 aliphatic carbocycles. The Labute approximate surface area is 132 Å². The van der Waals surface area contributed by atoms with Crippen molar-refractivity contribution >= 4 is 22.2 Å². The molecule has 0 radical (unpaired) electrons. The second kappa shape index (κ2) is 7.78. The molecule has 0 atom stereocenters. The lowest BCUT2D eigenvalue weighted by atomic mass is 10.2. The van der Waals surface area contributed by atoms with E-state index in [1.165, 1.54) is 0 Å². The Balaban J connectivity index is 2.09. The first-order valence-corrected chi connectivity index (χ1v) is 7.47.